The van der Waals surface area contributed by atoms with Crippen LogP contribution >= 0.6 is 0 Å². The highest BCUT2D eigenvalue weighted by Gasteiger charge is 2.62. The second-order valence-corrected chi connectivity index (χ2v) is 9.09. The van der Waals surface area contributed by atoms with Crippen molar-refractivity contribution in [1.29, 1.82) is 0 Å². The number of carbonyl (C=O) groups excluding carboxylic acids is 1. The van der Waals surface area contributed by atoms with E-state index in [1.165, 1.54) is 12.4 Å². The first-order chi connectivity index (χ1) is 12.5. The SMILES string of the molecule is O=C(c1ccnnc1)N1CC2(C1)[C@H](COc1ccccn1)CCS2(=O)=O. The van der Waals surface area contributed by atoms with Crippen molar-refractivity contribution in [2.45, 2.75) is 11.2 Å². The number of hydrogen-bond acceptors (Lipinski definition) is 7. The molecule has 2 aromatic rings. The zero-order chi connectivity index (χ0) is 18.2. The summed E-state index contributed by atoms with van der Waals surface area (Å²) in [6.07, 6.45) is 4.99. The molecule has 4 rings (SSSR count). The van der Waals surface area contributed by atoms with Crippen molar-refractivity contribution in [3.05, 3.63) is 48.4 Å². The third-order valence-electron chi connectivity index (χ3n) is 5.20. The normalized spacial score (nSPS) is 22.8. The summed E-state index contributed by atoms with van der Waals surface area (Å²) in [7, 11) is -3.27. The van der Waals surface area contributed by atoms with Crippen LogP contribution in [0.3, 0.4) is 0 Å². The fourth-order valence-electron chi connectivity index (χ4n) is 3.67. The van der Waals surface area contributed by atoms with Gasteiger partial charge in [0.2, 0.25) is 5.88 Å². The van der Waals surface area contributed by atoms with Crippen molar-refractivity contribution in [3.8, 4) is 5.88 Å². The van der Waals surface area contributed by atoms with Crippen LogP contribution in [0.15, 0.2) is 42.9 Å². The summed E-state index contributed by atoms with van der Waals surface area (Å²) in [4.78, 5) is 18.1. The first-order valence-electron chi connectivity index (χ1n) is 8.34. The van der Waals surface area contributed by atoms with Crippen molar-refractivity contribution in [3.63, 3.8) is 0 Å². The minimum absolute atomic E-state index is 0.127. The lowest BCUT2D eigenvalue weighted by Crippen LogP contribution is -2.68. The molecule has 0 bridgehead atoms. The predicted octanol–water partition coefficient (Wildman–Crippen LogP) is 0.580. The Bertz CT molecular complexity index is 899. The number of rotatable bonds is 4. The molecule has 8 nitrogen and oxygen atoms in total. The van der Waals surface area contributed by atoms with E-state index >= 15 is 0 Å². The van der Waals surface area contributed by atoms with Crippen LogP contribution in [-0.4, -0.2) is 64.6 Å². The molecule has 0 aromatic carbocycles. The van der Waals surface area contributed by atoms with Crippen LogP contribution in [0.1, 0.15) is 16.8 Å². The van der Waals surface area contributed by atoms with Gasteiger partial charge in [-0.15, -0.1) is 0 Å². The topological polar surface area (TPSA) is 102 Å². The lowest BCUT2D eigenvalue weighted by Gasteiger charge is -2.49. The molecule has 9 heteroatoms. The summed E-state index contributed by atoms with van der Waals surface area (Å²) in [5.41, 5.74) is 0.409. The molecule has 2 aliphatic rings. The second-order valence-electron chi connectivity index (χ2n) is 6.64. The van der Waals surface area contributed by atoms with Crippen molar-refractivity contribution in [2.24, 2.45) is 5.92 Å². The molecular weight excluding hydrogens is 356 g/mol. The molecular formula is C17H18N4O4S. The van der Waals surface area contributed by atoms with Crippen LogP contribution in [0.5, 0.6) is 5.88 Å². The summed E-state index contributed by atoms with van der Waals surface area (Å²) < 4.78 is 30.1. The molecule has 136 valence electrons. The fourth-order valence-corrected chi connectivity index (χ4v) is 6.07. The zero-order valence-corrected chi connectivity index (χ0v) is 14.8. The molecule has 2 fully saturated rings. The number of aromatic nitrogens is 3. The third kappa shape index (κ3) is 2.72. The molecule has 1 spiro atoms. The van der Waals surface area contributed by atoms with Crippen molar-refractivity contribution in [2.75, 3.05) is 25.4 Å². The van der Waals surface area contributed by atoms with Crippen molar-refractivity contribution < 1.29 is 17.9 Å². The van der Waals surface area contributed by atoms with E-state index < -0.39 is 14.6 Å². The monoisotopic (exact) mass is 374 g/mol. The summed E-state index contributed by atoms with van der Waals surface area (Å²) >= 11 is 0. The van der Waals surface area contributed by atoms with E-state index in [9.17, 15) is 13.2 Å². The maximum Gasteiger partial charge on any atom is 0.255 e. The van der Waals surface area contributed by atoms with Crippen LogP contribution in [0.4, 0.5) is 0 Å². The molecule has 0 aliphatic carbocycles. The standard InChI is InChI=1S/C17H18N4O4S/c22-16(13-4-7-19-20-9-13)21-11-17(12-21)14(5-8-26(17,23)24)10-25-15-3-1-2-6-18-15/h1-4,6-7,9,14H,5,8,10-12H2/t14-/m0/s1. The highest BCUT2D eigenvalue weighted by molar-refractivity contribution is 7.93. The minimum atomic E-state index is -3.27. The van der Waals surface area contributed by atoms with Gasteiger partial charge in [0, 0.05) is 31.3 Å². The number of amides is 1. The zero-order valence-electron chi connectivity index (χ0n) is 14.0. The number of hydrogen-bond donors (Lipinski definition) is 0. The highest BCUT2D eigenvalue weighted by Crippen LogP contribution is 2.45. The van der Waals surface area contributed by atoms with Gasteiger partial charge in [-0.3, -0.25) is 4.79 Å². The quantitative estimate of drug-likeness (QED) is 0.771. The van der Waals surface area contributed by atoms with E-state index in [2.05, 4.69) is 15.2 Å². The van der Waals surface area contributed by atoms with E-state index in [1.54, 1.807) is 29.3 Å². The molecule has 26 heavy (non-hydrogen) atoms. The van der Waals surface area contributed by atoms with Gasteiger partial charge in [-0.05, 0) is 18.6 Å². The van der Waals surface area contributed by atoms with Crippen LogP contribution < -0.4 is 4.74 Å². The molecule has 0 saturated carbocycles. The number of carbonyl (C=O) groups is 1. The van der Waals surface area contributed by atoms with Crippen molar-refractivity contribution >= 4 is 15.7 Å². The Morgan fingerprint density at radius 3 is 2.77 bits per heavy atom. The van der Waals surface area contributed by atoms with E-state index in [1.807, 2.05) is 6.07 Å². The van der Waals surface area contributed by atoms with Gasteiger partial charge in [0.15, 0.2) is 9.84 Å². The van der Waals surface area contributed by atoms with Gasteiger partial charge in [0.05, 0.1) is 30.3 Å². The predicted molar refractivity (Wildman–Crippen MR) is 92.3 cm³/mol. The lowest BCUT2D eigenvalue weighted by molar-refractivity contribution is 0.0406. The maximum atomic E-state index is 12.7. The van der Waals surface area contributed by atoms with Gasteiger partial charge in [-0.1, -0.05) is 6.07 Å². The van der Waals surface area contributed by atoms with E-state index in [4.69, 9.17) is 4.74 Å². The van der Waals surface area contributed by atoms with Gasteiger partial charge in [0.25, 0.3) is 5.91 Å². The largest absolute Gasteiger partial charge is 0.477 e. The summed E-state index contributed by atoms with van der Waals surface area (Å²) in [5, 5.41) is 7.35. The van der Waals surface area contributed by atoms with E-state index in [0.717, 1.165) is 0 Å². The number of pyridine rings is 1. The Morgan fingerprint density at radius 2 is 2.08 bits per heavy atom. The first-order valence-corrected chi connectivity index (χ1v) is 9.99. The average Bonchev–Trinajstić information content (AvgIpc) is 2.90. The molecule has 1 atom stereocenters. The van der Waals surface area contributed by atoms with E-state index in [-0.39, 0.29) is 37.3 Å². The summed E-state index contributed by atoms with van der Waals surface area (Å²) in [5.74, 6) is 0.218. The molecule has 1 amide bonds. The average molecular weight is 374 g/mol. The lowest BCUT2D eigenvalue weighted by atomic mass is 9.83. The number of ether oxygens (including phenoxy) is 1. The first kappa shape index (κ1) is 16.9. The second kappa shape index (κ2) is 6.31. The van der Waals surface area contributed by atoms with Crippen LogP contribution in [0.2, 0.25) is 0 Å². The molecule has 2 aliphatic heterocycles. The van der Waals surface area contributed by atoms with Gasteiger partial charge in [-0.25, -0.2) is 13.4 Å². The van der Waals surface area contributed by atoms with Gasteiger partial charge >= 0.3 is 0 Å². The van der Waals surface area contributed by atoms with Gasteiger partial charge < -0.3 is 9.64 Å². The summed E-state index contributed by atoms with van der Waals surface area (Å²) in [6.45, 7) is 0.647. The minimum Gasteiger partial charge on any atom is -0.477 e. The third-order valence-corrected chi connectivity index (χ3v) is 7.81. The fraction of sp³-hybridized carbons (Fsp3) is 0.412. The molecule has 2 saturated heterocycles. The number of sulfone groups is 1. The molecule has 4 heterocycles. The number of likely N-dealkylation sites (tertiary alicyclic amines) is 1. The number of nitrogens with zero attached hydrogens (tertiary/aromatic N) is 4. The van der Waals surface area contributed by atoms with Crippen LogP contribution in [0.25, 0.3) is 0 Å². The molecule has 0 unspecified atom stereocenters. The Balaban J connectivity index is 1.47. The van der Waals surface area contributed by atoms with E-state index in [0.29, 0.717) is 17.9 Å². The van der Waals surface area contributed by atoms with Crippen LogP contribution in [-0.2, 0) is 9.84 Å². The Kier molecular flexibility index (Phi) is 4.10. The molecule has 2 aromatic heterocycles. The Hall–Kier alpha value is -2.55. The van der Waals surface area contributed by atoms with Gasteiger partial charge in [0.1, 0.15) is 4.75 Å². The molecule has 0 N–H and O–H groups in total. The summed E-state index contributed by atoms with van der Waals surface area (Å²) in [6, 6.07) is 6.92. The molecule has 0 radical (unpaired) electrons. The maximum absolute atomic E-state index is 12.7. The van der Waals surface area contributed by atoms with Crippen molar-refractivity contribution in [1.82, 2.24) is 20.1 Å². The van der Waals surface area contributed by atoms with Crippen LogP contribution in [0, 0.1) is 5.92 Å². The Morgan fingerprint density at radius 1 is 1.23 bits per heavy atom. The Labute approximate surface area is 151 Å². The van der Waals surface area contributed by atoms with Gasteiger partial charge in [-0.2, -0.15) is 10.2 Å². The smallest absolute Gasteiger partial charge is 0.255 e. The highest BCUT2D eigenvalue weighted by atomic mass is 32.2.